The number of anilines is 1. The van der Waals surface area contributed by atoms with Gasteiger partial charge in [-0.1, -0.05) is 83.9 Å². The Kier molecular flexibility index (Phi) is 6.88. The van der Waals surface area contributed by atoms with Crippen molar-refractivity contribution in [3.8, 4) is 0 Å². The summed E-state index contributed by atoms with van der Waals surface area (Å²) in [4.78, 5) is 14.7. The molecule has 0 atom stereocenters. The molecule has 0 radical (unpaired) electrons. The topological polar surface area (TPSA) is 32.3 Å². The highest BCUT2D eigenvalue weighted by molar-refractivity contribution is 6.42. The van der Waals surface area contributed by atoms with Crippen molar-refractivity contribution in [1.29, 1.82) is 0 Å². The predicted octanol–water partition coefficient (Wildman–Crippen LogP) is 5.63. The molecule has 1 amide bonds. The molecule has 27 heavy (non-hydrogen) atoms. The molecule has 1 N–H and O–H groups in total. The highest BCUT2D eigenvalue weighted by Crippen LogP contribution is 2.25. The van der Waals surface area contributed by atoms with Crippen LogP contribution in [0.15, 0.2) is 78.9 Å². The van der Waals surface area contributed by atoms with E-state index in [1.54, 1.807) is 18.2 Å². The van der Waals surface area contributed by atoms with Crippen LogP contribution in [0.1, 0.15) is 11.1 Å². The van der Waals surface area contributed by atoms with Crippen LogP contribution in [-0.4, -0.2) is 17.4 Å². The molecule has 0 unspecified atom stereocenters. The van der Waals surface area contributed by atoms with Gasteiger partial charge < -0.3 is 5.32 Å². The first kappa shape index (κ1) is 19.4. The Morgan fingerprint density at radius 2 is 1.33 bits per heavy atom. The van der Waals surface area contributed by atoms with Crippen LogP contribution in [0.4, 0.5) is 5.69 Å². The fourth-order valence-corrected chi connectivity index (χ4v) is 3.13. The Morgan fingerprint density at radius 1 is 0.778 bits per heavy atom. The first-order chi connectivity index (χ1) is 13.1. The van der Waals surface area contributed by atoms with Crippen LogP contribution in [0, 0.1) is 0 Å². The normalized spacial score (nSPS) is 10.8. The number of halogens is 2. The lowest BCUT2D eigenvalue weighted by Crippen LogP contribution is -2.32. The van der Waals surface area contributed by atoms with Crippen molar-refractivity contribution in [2.45, 2.75) is 13.1 Å². The van der Waals surface area contributed by atoms with Crippen LogP contribution in [0.3, 0.4) is 0 Å². The second-order valence-corrected chi connectivity index (χ2v) is 7.11. The molecule has 0 saturated carbocycles. The molecule has 0 aliphatic rings. The summed E-state index contributed by atoms with van der Waals surface area (Å²) in [6, 6.07) is 25.3. The van der Waals surface area contributed by atoms with Gasteiger partial charge in [0.25, 0.3) is 0 Å². The van der Waals surface area contributed by atoms with E-state index in [4.69, 9.17) is 23.2 Å². The lowest BCUT2D eigenvalue weighted by atomic mass is 10.1. The summed E-state index contributed by atoms with van der Waals surface area (Å²) in [5.74, 6) is -0.0970. The van der Waals surface area contributed by atoms with Crippen molar-refractivity contribution in [2.75, 3.05) is 11.9 Å². The monoisotopic (exact) mass is 398 g/mol. The first-order valence-electron chi connectivity index (χ1n) is 8.65. The minimum atomic E-state index is -0.0970. The van der Waals surface area contributed by atoms with Crippen molar-refractivity contribution in [2.24, 2.45) is 0 Å². The van der Waals surface area contributed by atoms with Crippen molar-refractivity contribution >= 4 is 34.8 Å². The highest BCUT2D eigenvalue weighted by Gasteiger charge is 2.13. The molecule has 0 aromatic heterocycles. The van der Waals surface area contributed by atoms with E-state index < -0.39 is 0 Å². The molecule has 0 bridgehead atoms. The molecule has 138 valence electrons. The van der Waals surface area contributed by atoms with E-state index in [1.807, 2.05) is 36.4 Å². The summed E-state index contributed by atoms with van der Waals surface area (Å²) in [6.07, 6.45) is 0. The van der Waals surface area contributed by atoms with Gasteiger partial charge in [0.05, 0.1) is 16.6 Å². The van der Waals surface area contributed by atoms with Gasteiger partial charge in [-0.2, -0.15) is 0 Å². The van der Waals surface area contributed by atoms with E-state index in [-0.39, 0.29) is 12.5 Å². The molecule has 0 heterocycles. The van der Waals surface area contributed by atoms with Crippen LogP contribution in [0.25, 0.3) is 0 Å². The highest BCUT2D eigenvalue weighted by atomic mass is 35.5. The predicted molar refractivity (Wildman–Crippen MR) is 112 cm³/mol. The number of hydrogen-bond acceptors (Lipinski definition) is 2. The number of hydrogen-bond donors (Lipinski definition) is 1. The largest absolute Gasteiger partial charge is 0.325 e. The number of benzene rings is 3. The summed E-state index contributed by atoms with van der Waals surface area (Å²) >= 11 is 12.0. The SMILES string of the molecule is O=C(CN(Cc1ccccc1)Cc1ccccc1)Nc1ccc(Cl)c(Cl)c1. The zero-order chi connectivity index (χ0) is 19.1. The lowest BCUT2D eigenvalue weighted by Gasteiger charge is -2.22. The average molecular weight is 399 g/mol. The molecular weight excluding hydrogens is 379 g/mol. The van der Waals surface area contributed by atoms with Gasteiger partial charge in [-0.3, -0.25) is 9.69 Å². The fourth-order valence-electron chi connectivity index (χ4n) is 2.83. The maximum absolute atomic E-state index is 12.6. The van der Waals surface area contributed by atoms with Gasteiger partial charge in [-0.05, 0) is 29.3 Å². The molecule has 5 heteroatoms. The van der Waals surface area contributed by atoms with Crippen LogP contribution >= 0.6 is 23.2 Å². The molecule has 3 nitrogen and oxygen atoms in total. The summed E-state index contributed by atoms with van der Waals surface area (Å²) in [5.41, 5.74) is 2.96. The summed E-state index contributed by atoms with van der Waals surface area (Å²) in [7, 11) is 0. The lowest BCUT2D eigenvalue weighted by molar-refractivity contribution is -0.117. The van der Waals surface area contributed by atoms with Crippen molar-refractivity contribution in [1.82, 2.24) is 4.90 Å². The molecule has 3 rings (SSSR count). The number of nitrogens with one attached hydrogen (secondary N) is 1. The average Bonchev–Trinajstić information content (AvgIpc) is 2.66. The van der Waals surface area contributed by atoms with E-state index in [1.165, 1.54) is 0 Å². The van der Waals surface area contributed by atoms with Gasteiger partial charge in [-0.15, -0.1) is 0 Å². The second-order valence-electron chi connectivity index (χ2n) is 6.29. The summed E-state index contributed by atoms with van der Waals surface area (Å²) in [6.45, 7) is 1.64. The summed E-state index contributed by atoms with van der Waals surface area (Å²) in [5, 5.41) is 3.77. The third-order valence-electron chi connectivity index (χ3n) is 4.07. The van der Waals surface area contributed by atoms with Crippen molar-refractivity contribution < 1.29 is 4.79 Å². The van der Waals surface area contributed by atoms with Crippen molar-refractivity contribution in [3.05, 3.63) is 100 Å². The molecule has 0 aliphatic heterocycles. The molecular formula is C22H20Cl2N2O. The Labute approximate surface area is 169 Å². The molecule has 0 spiro atoms. The van der Waals surface area contributed by atoms with E-state index in [0.29, 0.717) is 28.8 Å². The van der Waals surface area contributed by atoms with Gasteiger partial charge in [0.1, 0.15) is 0 Å². The minimum Gasteiger partial charge on any atom is -0.325 e. The second kappa shape index (κ2) is 9.56. The van der Waals surface area contributed by atoms with Gasteiger partial charge in [0, 0.05) is 18.8 Å². The fraction of sp³-hybridized carbons (Fsp3) is 0.136. The molecule has 0 saturated heterocycles. The number of nitrogens with zero attached hydrogens (tertiary/aromatic N) is 1. The van der Waals surface area contributed by atoms with Crippen LogP contribution in [0.5, 0.6) is 0 Å². The van der Waals surface area contributed by atoms with Crippen LogP contribution < -0.4 is 5.32 Å². The van der Waals surface area contributed by atoms with E-state index >= 15 is 0 Å². The Morgan fingerprint density at radius 3 is 1.85 bits per heavy atom. The Hall–Kier alpha value is -2.33. The van der Waals surface area contributed by atoms with Gasteiger partial charge in [0.2, 0.25) is 5.91 Å². The van der Waals surface area contributed by atoms with Crippen LogP contribution in [-0.2, 0) is 17.9 Å². The zero-order valence-electron chi connectivity index (χ0n) is 14.7. The maximum Gasteiger partial charge on any atom is 0.238 e. The third-order valence-corrected chi connectivity index (χ3v) is 4.81. The molecule has 3 aromatic rings. The maximum atomic E-state index is 12.6. The quantitative estimate of drug-likeness (QED) is 0.558. The third kappa shape index (κ3) is 6.10. The van der Waals surface area contributed by atoms with Gasteiger partial charge in [-0.25, -0.2) is 0 Å². The molecule has 0 aliphatic carbocycles. The number of carbonyl (C=O) groups is 1. The van der Waals surface area contributed by atoms with Crippen molar-refractivity contribution in [3.63, 3.8) is 0 Å². The molecule has 0 fully saturated rings. The summed E-state index contributed by atoms with van der Waals surface area (Å²) < 4.78 is 0. The number of carbonyl (C=O) groups excluding carboxylic acids is 1. The van der Waals surface area contributed by atoms with E-state index in [2.05, 4.69) is 34.5 Å². The Bertz CT molecular complexity index is 844. The van der Waals surface area contributed by atoms with Gasteiger partial charge >= 0.3 is 0 Å². The minimum absolute atomic E-state index is 0.0970. The Balaban J connectivity index is 1.69. The molecule has 3 aromatic carbocycles. The zero-order valence-corrected chi connectivity index (χ0v) is 16.3. The van der Waals surface area contributed by atoms with Gasteiger partial charge in [0.15, 0.2) is 0 Å². The smallest absolute Gasteiger partial charge is 0.238 e. The number of rotatable bonds is 7. The number of amides is 1. The first-order valence-corrected chi connectivity index (χ1v) is 9.41. The standard InChI is InChI=1S/C22H20Cl2N2O/c23-20-12-11-19(13-21(20)24)25-22(27)16-26(14-17-7-3-1-4-8-17)15-18-9-5-2-6-10-18/h1-13H,14-16H2,(H,25,27). The van der Waals surface area contributed by atoms with Crippen LogP contribution in [0.2, 0.25) is 10.0 Å². The van der Waals surface area contributed by atoms with E-state index in [0.717, 1.165) is 11.1 Å². The van der Waals surface area contributed by atoms with E-state index in [9.17, 15) is 4.79 Å².